The molecule has 7 nitrogen and oxygen atoms in total. The van der Waals surface area contributed by atoms with E-state index in [9.17, 15) is 4.79 Å². The molecule has 1 amide bonds. The van der Waals surface area contributed by atoms with Crippen LogP contribution in [0.15, 0.2) is 6.20 Å². The molecule has 4 N–H and O–H groups in total. The van der Waals surface area contributed by atoms with E-state index in [1.807, 2.05) is 0 Å². The molecule has 1 rings (SSSR count). The highest BCUT2D eigenvalue weighted by Gasteiger charge is 2.08. The lowest BCUT2D eigenvalue weighted by atomic mass is 10.4. The Morgan fingerprint density at radius 2 is 2.58 bits per heavy atom. The Hall–Kier alpha value is -1.47. The van der Waals surface area contributed by atoms with Gasteiger partial charge in [-0.05, 0) is 0 Å². The van der Waals surface area contributed by atoms with E-state index in [0.29, 0.717) is 13.1 Å². The minimum atomic E-state index is -0.682. The van der Waals surface area contributed by atoms with Crippen LogP contribution in [-0.4, -0.2) is 32.7 Å². The van der Waals surface area contributed by atoms with Crippen LogP contribution in [0.2, 0.25) is 0 Å². The highest BCUT2D eigenvalue weighted by atomic mass is 16.5. The molecular formula is C5H9N5O2. The molecule has 0 unspecified atom stereocenters. The molecule has 0 radical (unpaired) electrons. The molecule has 7 heteroatoms. The minimum absolute atomic E-state index is 0.0611. The van der Waals surface area contributed by atoms with Crippen molar-refractivity contribution in [3.63, 3.8) is 0 Å². The summed E-state index contributed by atoms with van der Waals surface area (Å²) in [5, 5.41) is 15.3. The first-order chi connectivity index (χ1) is 5.77. The van der Waals surface area contributed by atoms with Gasteiger partial charge >= 0.3 is 0 Å². The van der Waals surface area contributed by atoms with E-state index in [4.69, 9.17) is 10.9 Å². The number of hydrogen-bond donors (Lipinski definition) is 3. The fourth-order valence-electron chi connectivity index (χ4n) is 0.701. The quantitative estimate of drug-likeness (QED) is 0.373. The third kappa shape index (κ3) is 1.77. The van der Waals surface area contributed by atoms with Gasteiger partial charge in [0.15, 0.2) is 5.69 Å². The van der Waals surface area contributed by atoms with Crippen molar-refractivity contribution in [2.45, 2.75) is 6.54 Å². The largest absolute Gasteiger partial charge is 0.329 e. The molecule has 0 atom stereocenters. The molecule has 0 bridgehead atoms. The summed E-state index contributed by atoms with van der Waals surface area (Å²) < 4.78 is 1.42. The fraction of sp³-hybridized carbons (Fsp3) is 0.400. The molecule has 12 heavy (non-hydrogen) atoms. The van der Waals surface area contributed by atoms with Gasteiger partial charge in [-0.15, -0.1) is 5.10 Å². The van der Waals surface area contributed by atoms with Gasteiger partial charge in [-0.2, -0.15) is 0 Å². The summed E-state index contributed by atoms with van der Waals surface area (Å²) in [5.41, 5.74) is 6.75. The number of nitrogens with two attached hydrogens (primary N) is 1. The summed E-state index contributed by atoms with van der Waals surface area (Å²) >= 11 is 0. The molecule has 0 spiro atoms. The number of hydrogen-bond acceptors (Lipinski definition) is 5. The zero-order chi connectivity index (χ0) is 8.97. The zero-order valence-corrected chi connectivity index (χ0v) is 6.27. The molecular weight excluding hydrogens is 162 g/mol. The molecule has 0 fully saturated rings. The van der Waals surface area contributed by atoms with Crippen LogP contribution in [0, 0.1) is 0 Å². The van der Waals surface area contributed by atoms with Gasteiger partial charge in [-0.25, -0.2) is 5.48 Å². The number of aromatic nitrogens is 3. The van der Waals surface area contributed by atoms with Crippen molar-refractivity contribution in [3.05, 3.63) is 11.9 Å². The van der Waals surface area contributed by atoms with E-state index in [1.54, 1.807) is 0 Å². The number of hydroxylamine groups is 1. The summed E-state index contributed by atoms with van der Waals surface area (Å²) in [6.45, 7) is 0.912. The molecule has 1 aromatic rings. The highest BCUT2D eigenvalue weighted by Crippen LogP contribution is 1.91. The minimum Gasteiger partial charge on any atom is -0.329 e. The van der Waals surface area contributed by atoms with Crippen LogP contribution in [0.1, 0.15) is 10.5 Å². The molecule has 0 aliphatic heterocycles. The number of amides is 1. The second-order valence-corrected chi connectivity index (χ2v) is 2.10. The maximum Gasteiger partial charge on any atom is 0.296 e. The lowest BCUT2D eigenvalue weighted by molar-refractivity contribution is 0.0700. The van der Waals surface area contributed by atoms with Gasteiger partial charge < -0.3 is 5.73 Å². The van der Waals surface area contributed by atoms with Crippen LogP contribution in [0.25, 0.3) is 0 Å². The third-order valence-corrected chi connectivity index (χ3v) is 1.23. The van der Waals surface area contributed by atoms with Gasteiger partial charge in [0.1, 0.15) is 0 Å². The molecule has 0 aromatic carbocycles. The predicted octanol–water partition coefficient (Wildman–Crippen LogP) is -1.64. The predicted molar refractivity (Wildman–Crippen MR) is 38.3 cm³/mol. The van der Waals surface area contributed by atoms with Crippen LogP contribution >= 0.6 is 0 Å². The van der Waals surface area contributed by atoms with E-state index in [1.165, 1.54) is 16.4 Å². The van der Waals surface area contributed by atoms with Gasteiger partial charge in [0.25, 0.3) is 5.91 Å². The summed E-state index contributed by atoms with van der Waals surface area (Å²) in [5.74, 6) is -0.682. The molecule has 0 aliphatic rings. The second kappa shape index (κ2) is 3.79. The average molecular weight is 171 g/mol. The topological polar surface area (TPSA) is 106 Å². The van der Waals surface area contributed by atoms with E-state index in [2.05, 4.69) is 10.3 Å². The van der Waals surface area contributed by atoms with Gasteiger partial charge in [-0.3, -0.25) is 14.7 Å². The SMILES string of the molecule is NCCn1cc(C(=O)NO)nn1. The Balaban J connectivity index is 2.70. The number of carbonyl (C=O) groups excluding carboxylic acids is 1. The molecule has 1 aromatic heterocycles. The lowest BCUT2D eigenvalue weighted by Gasteiger charge is -1.92. The van der Waals surface area contributed by atoms with Crippen molar-refractivity contribution in [2.24, 2.45) is 5.73 Å². The van der Waals surface area contributed by atoms with Crippen LogP contribution in [0.3, 0.4) is 0 Å². The molecule has 0 saturated heterocycles. The number of nitrogens with one attached hydrogen (secondary N) is 1. The van der Waals surface area contributed by atoms with E-state index in [0.717, 1.165) is 0 Å². The van der Waals surface area contributed by atoms with E-state index in [-0.39, 0.29) is 5.69 Å². The highest BCUT2D eigenvalue weighted by molar-refractivity contribution is 5.90. The fourth-order valence-corrected chi connectivity index (χ4v) is 0.701. The van der Waals surface area contributed by atoms with E-state index >= 15 is 0 Å². The maximum absolute atomic E-state index is 10.7. The first-order valence-electron chi connectivity index (χ1n) is 3.32. The summed E-state index contributed by atoms with van der Waals surface area (Å²) in [6.07, 6.45) is 1.40. The van der Waals surface area contributed by atoms with Crippen molar-refractivity contribution in [1.82, 2.24) is 20.5 Å². The van der Waals surface area contributed by atoms with Crippen molar-refractivity contribution in [3.8, 4) is 0 Å². The first kappa shape index (κ1) is 8.62. The third-order valence-electron chi connectivity index (χ3n) is 1.23. The smallest absolute Gasteiger partial charge is 0.296 e. The van der Waals surface area contributed by atoms with Gasteiger partial charge in [-0.1, -0.05) is 5.21 Å². The van der Waals surface area contributed by atoms with Gasteiger partial charge in [0.2, 0.25) is 0 Å². The van der Waals surface area contributed by atoms with Gasteiger partial charge in [0.05, 0.1) is 12.7 Å². The Labute approximate surface area is 68.1 Å². The monoisotopic (exact) mass is 171 g/mol. The average Bonchev–Trinajstić information content (AvgIpc) is 2.52. The normalized spacial score (nSPS) is 9.83. The van der Waals surface area contributed by atoms with Gasteiger partial charge in [0, 0.05) is 6.54 Å². The number of nitrogens with zero attached hydrogens (tertiary/aromatic N) is 3. The van der Waals surface area contributed by atoms with Crippen LogP contribution in [0.5, 0.6) is 0 Å². The summed E-state index contributed by atoms with van der Waals surface area (Å²) in [6, 6.07) is 0. The first-order valence-corrected chi connectivity index (χ1v) is 3.32. The van der Waals surface area contributed by atoms with Crippen molar-refractivity contribution in [2.75, 3.05) is 6.54 Å². The molecule has 66 valence electrons. The molecule has 1 heterocycles. The van der Waals surface area contributed by atoms with Crippen molar-refractivity contribution >= 4 is 5.91 Å². The number of rotatable bonds is 3. The standard InChI is InChI=1S/C5H9N5O2/c6-1-2-10-3-4(7-9-10)5(11)8-12/h3,12H,1-2,6H2,(H,8,11). The van der Waals surface area contributed by atoms with E-state index < -0.39 is 5.91 Å². The Morgan fingerprint density at radius 1 is 1.83 bits per heavy atom. The second-order valence-electron chi connectivity index (χ2n) is 2.10. The zero-order valence-electron chi connectivity index (χ0n) is 6.27. The summed E-state index contributed by atoms with van der Waals surface area (Å²) in [4.78, 5) is 10.7. The molecule has 0 saturated carbocycles. The Kier molecular flexibility index (Phi) is 2.72. The lowest BCUT2D eigenvalue weighted by Crippen LogP contribution is -2.19. The van der Waals surface area contributed by atoms with Crippen LogP contribution < -0.4 is 11.2 Å². The Morgan fingerprint density at radius 3 is 3.17 bits per heavy atom. The van der Waals surface area contributed by atoms with Crippen molar-refractivity contribution < 1.29 is 10.0 Å². The van der Waals surface area contributed by atoms with Crippen LogP contribution in [-0.2, 0) is 6.54 Å². The Bertz CT molecular complexity index is 271. The molecule has 0 aliphatic carbocycles. The van der Waals surface area contributed by atoms with Crippen molar-refractivity contribution in [1.29, 1.82) is 0 Å². The summed E-state index contributed by atoms with van der Waals surface area (Å²) in [7, 11) is 0. The maximum atomic E-state index is 10.7. The number of carbonyl (C=O) groups is 1. The van der Waals surface area contributed by atoms with Crippen LogP contribution in [0.4, 0.5) is 0 Å².